The maximum atomic E-state index is 13.4. The highest BCUT2D eigenvalue weighted by atomic mass is 19.1. The molecule has 0 nitrogen and oxygen atoms in total. The Labute approximate surface area is 83.4 Å². The van der Waals surface area contributed by atoms with Crippen LogP contribution in [0.15, 0.2) is 24.3 Å². The van der Waals surface area contributed by atoms with Crippen LogP contribution in [0.25, 0.3) is 10.8 Å². The average Bonchev–Trinajstić information content (AvgIpc) is 2.18. The standard InChI is InChI=1S/C13H11F/c1-9(2)10-7-8-13(14)12-6-4-3-5-11(10)12/h4,6-9H,1-2H3. The minimum Gasteiger partial charge on any atom is -0.206 e. The van der Waals surface area contributed by atoms with Crippen LogP contribution >= 0.6 is 0 Å². The van der Waals surface area contributed by atoms with E-state index in [1.807, 2.05) is 6.07 Å². The molecule has 2 rings (SSSR count). The molecule has 0 aromatic heterocycles. The maximum Gasteiger partial charge on any atom is 0.131 e. The topological polar surface area (TPSA) is 0 Å². The SMILES string of the molecule is CC(C)c1ccc(F)c2ccc#cc12. The van der Waals surface area contributed by atoms with Gasteiger partial charge in [-0.3, -0.25) is 0 Å². The summed E-state index contributed by atoms with van der Waals surface area (Å²) >= 11 is 0. The molecule has 0 bridgehead atoms. The van der Waals surface area contributed by atoms with Crippen molar-refractivity contribution in [2.45, 2.75) is 19.8 Å². The number of halogens is 1. The van der Waals surface area contributed by atoms with Crippen molar-refractivity contribution in [2.24, 2.45) is 0 Å². The molecule has 0 amide bonds. The molecule has 70 valence electrons. The van der Waals surface area contributed by atoms with Crippen LogP contribution in [-0.2, 0) is 0 Å². The van der Waals surface area contributed by atoms with Gasteiger partial charge in [-0.25, -0.2) is 4.39 Å². The van der Waals surface area contributed by atoms with Gasteiger partial charge < -0.3 is 0 Å². The van der Waals surface area contributed by atoms with Gasteiger partial charge in [-0.05, 0) is 29.7 Å². The molecule has 0 heterocycles. The van der Waals surface area contributed by atoms with Crippen LogP contribution < -0.4 is 0 Å². The molecule has 0 saturated heterocycles. The second-order valence-corrected chi connectivity index (χ2v) is 3.68. The third-order valence-corrected chi connectivity index (χ3v) is 2.38. The maximum absolute atomic E-state index is 13.4. The monoisotopic (exact) mass is 186 g/mol. The van der Waals surface area contributed by atoms with Crippen molar-refractivity contribution in [1.29, 1.82) is 0 Å². The van der Waals surface area contributed by atoms with Gasteiger partial charge in [-0.1, -0.05) is 32.0 Å². The number of hydrogen-bond donors (Lipinski definition) is 0. The van der Waals surface area contributed by atoms with Crippen LogP contribution in [-0.4, -0.2) is 0 Å². The van der Waals surface area contributed by atoms with E-state index in [9.17, 15) is 4.39 Å². The van der Waals surface area contributed by atoms with E-state index in [0.29, 0.717) is 11.3 Å². The summed E-state index contributed by atoms with van der Waals surface area (Å²) in [6.07, 6.45) is 0. The molecule has 0 aliphatic carbocycles. The highest BCUT2D eigenvalue weighted by Gasteiger charge is 2.07. The lowest BCUT2D eigenvalue weighted by molar-refractivity contribution is 0.639. The second-order valence-electron chi connectivity index (χ2n) is 3.68. The summed E-state index contributed by atoms with van der Waals surface area (Å²) in [6, 6.07) is 12.6. The first-order valence-electron chi connectivity index (χ1n) is 4.70. The van der Waals surface area contributed by atoms with Crippen molar-refractivity contribution in [3.63, 3.8) is 0 Å². The lowest BCUT2D eigenvalue weighted by atomic mass is 9.97. The molecule has 0 unspecified atom stereocenters. The Morgan fingerprint density at radius 1 is 1.21 bits per heavy atom. The van der Waals surface area contributed by atoms with E-state index in [0.717, 1.165) is 10.9 Å². The van der Waals surface area contributed by atoms with Gasteiger partial charge in [-0.15, -0.1) is 0 Å². The third kappa shape index (κ3) is 1.33. The highest BCUT2D eigenvalue weighted by Crippen LogP contribution is 2.25. The summed E-state index contributed by atoms with van der Waals surface area (Å²) in [4.78, 5) is 0. The van der Waals surface area contributed by atoms with Crippen LogP contribution in [0.2, 0.25) is 0 Å². The van der Waals surface area contributed by atoms with Gasteiger partial charge in [-0.2, -0.15) is 0 Å². The first-order chi connectivity index (χ1) is 6.70. The van der Waals surface area contributed by atoms with Crippen LogP contribution in [0.5, 0.6) is 0 Å². The molecule has 2 aromatic carbocycles. The lowest BCUT2D eigenvalue weighted by Crippen LogP contribution is -1.90. The second kappa shape index (κ2) is 3.31. The number of benzene rings is 1. The fourth-order valence-electron chi connectivity index (χ4n) is 1.63. The van der Waals surface area contributed by atoms with Gasteiger partial charge in [0.25, 0.3) is 0 Å². The normalized spacial score (nSPS) is 10.6. The Hall–Kier alpha value is -1.55. The number of hydrogen-bond acceptors (Lipinski definition) is 0. The Bertz CT molecular complexity index is 458. The van der Waals surface area contributed by atoms with Gasteiger partial charge in [0.05, 0.1) is 0 Å². The molecule has 2 aromatic rings. The molecule has 1 heteroatoms. The molecule has 0 radical (unpaired) electrons. The Morgan fingerprint density at radius 3 is 2.71 bits per heavy atom. The van der Waals surface area contributed by atoms with Gasteiger partial charge >= 0.3 is 0 Å². The van der Waals surface area contributed by atoms with Gasteiger partial charge in [0.15, 0.2) is 0 Å². The third-order valence-electron chi connectivity index (χ3n) is 2.38. The van der Waals surface area contributed by atoms with Crippen LogP contribution in [0.4, 0.5) is 4.39 Å². The van der Waals surface area contributed by atoms with Crippen LogP contribution in [0.1, 0.15) is 25.3 Å². The fraction of sp³-hybridized carbons (Fsp3) is 0.231. The number of fused-ring (bicyclic) bond motifs is 1. The zero-order valence-corrected chi connectivity index (χ0v) is 8.26. The van der Waals surface area contributed by atoms with E-state index in [1.54, 1.807) is 12.1 Å². The molecule has 0 spiro atoms. The van der Waals surface area contributed by atoms with E-state index >= 15 is 0 Å². The Balaban J connectivity index is 2.82. The summed E-state index contributed by atoms with van der Waals surface area (Å²) in [6.45, 7) is 4.18. The molecular formula is C13H11F. The van der Waals surface area contributed by atoms with Gasteiger partial charge in [0, 0.05) is 10.8 Å². The molecule has 0 aliphatic rings. The van der Waals surface area contributed by atoms with E-state index in [4.69, 9.17) is 0 Å². The lowest BCUT2D eigenvalue weighted by Gasteiger charge is -2.07. The summed E-state index contributed by atoms with van der Waals surface area (Å²) < 4.78 is 13.4. The minimum absolute atomic E-state index is 0.186. The Morgan fingerprint density at radius 2 is 2.00 bits per heavy atom. The van der Waals surface area contributed by atoms with Gasteiger partial charge in [0.1, 0.15) is 5.82 Å². The van der Waals surface area contributed by atoms with E-state index < -0.39 is 0 Å². The summed E-state index contributed by atoms with van der Waals surface area (Å²) in [5.41, 5.74) is 1.12. The molecule has 0 saturated carbocycles. The predicted octanol–water partition coefficient (Wildman–Crippen LogP) is 3.70. The summed E-state index contributed by atoms with van der Waals surface area (Å²) in [5, 5.41) is 1.48. The van der Waals surface area contributed by atoms with E-state index in [2.05, 4.69) is 26.0 Å². The molecular weight excluding hydrogens is 175 g/mol. The quantitative estimate of drug-likeness (QED) is 0.637. The van der Waals surface area contributed by atoms with Gasteiger partial charge in [0.2, 0.25) is 0 Å². The first-order valence-corrected chi connectivity index (χ1v) is 4.70. The number of rotatable bonds is 1. The molecule has 14 heavy (non-hydrogen) atoms. The predicted molar refractivity (Wildman–Crippen MR) is 55.7 cm³/mol. The van der Waals surface area contributed by atoms with E-state index in [-0.39, 0.29) is 5.82 Å². The smallest absolute Gasteiger partial charge is 0.131 e. The summed E-state index contributed by atoms with van der Waals surface area (Å²) in [5.74, 6) is 0.194. The Kier molecular flexibility index (Phi) is 2.13. The van der Waals surface area contributed by atoms with E-state index in [1.165, 1.54) is 6.07 Å². The molecule has 0 fully saturated rings. The zero-order chi connectivity index (χ0) is 10.1. The fourth-order valence-corrected chi connectivity index (χ4v) is 1.63. The minimum atomic E-state index is -0.186. The molecule has 0 atom stereocenters. The zero-order valence-electron chi connectivity index (χ0n) is 8.26. The highest BCUT2D eigenvalue weighted by molar-refractivity contribution is 5.85. The molecule has 0 N–H and O–H groups in total. The largest absolute Gasteiger partial charge is 0.206 e. The van der Waals surface area contributed by atoms with Crippen molar-refractivity contribution in [1.82, 2.24) is 0 Å². The average molecular weight is 186 g/mol. The van der Waals surface area contributed by atoms with Crippen molar-refractivity contribution < 1.29 is 4.39 Å². The summed E-state index contributed by atoms with van der Waals surface area (Å²) in [7, 11) is 0. The van der Waals surface area contributed by atoms with Crippen LogP contribution in [0, 0.1) is 17.9 Å². The van der Waals surface area contributed by atoms with Crippen molar-refractivity contribution in [2.75, 3.05) is 0 Å². The van der Waals surface area contributed by atoms with Crippen LogP contribution in [0.3, 0.4) is 0 Å². The van der Waals surface area contributed by atoms with Crippen molar-refractivity contribution in [3.05, 3.63) is 47.8 Å². The molecule has 0 aliphatic heterocycles. The van der Waals surface area contributed by atoms with Crippen molar-refractivity contribution >= 4 is 10.8 Å². The van der Waals surface area contributed by atoms with Crippen molar-refractivity contribution in [3.8, 4) is 0 Å². The first kappa shape index (κ1) is 9.02.